The van der Waals surface area contributed by atoms with E-state index >= 15 is 0 Å². The van der Waals surface area contributed by atoms with Crippen LogP contribution < -0.4 is 5.73 Å². The van der Waals surface area contributed by atoms with E-state index in [2.05, 4.69) is 15.9 Å². The summed E-state index contributed by atoms with van der Waals surface area (Å²) >= 11 is 3.37. The van der Waals surface area contributed by atoms with Gasteiger partial charge in [-0.2, -0.15) is 0 Å². The summed E-state index contributed by atoms with van der Waals surface area (Å²) in [6.45, 7) is 1.60. The lowest BCUT2D eigenvalue weighted by Gasteiger charge is -2.25. The Morgan fingerprint density at radius 3 is 2.76 bits per heavy atom. The molecule has 0 aromatic heterocycles. The molecule has 1 fully saturated rings. The second kappa shape index (κ2) is 5.94. The number of rotatable bonds is 3. The van der Waals surface area contributed by atoms with Gasteiger partial charge in [0.15, 0.2) is 0 Å². The summed E-state index contributed by atoms with van der Waals surface area (Å²) in [6, 6.07) is 4.74. The molecule has 0 saturated carbocycles. The molecule has 4 heteroatoms. The summed E-state index contributed by atoms with van der Waals surface area (Å²) in [4.78, 5) is 0. The molecular weight excluding hydrogens is 285 g/mol. The molecule has 1 saturated heterocycles. The first kappa shape index (κ1) is 13.0. The summed E-state index contributed by atoms with van der Waals surface area (Å²) in [5, 5.41) is 0. The summed E-state index contributed by atoms with van der Waals surface area (Å²) in [7, 11) is 0. The van der Waals surface area contributed by atoms with E-state index in [-0.39, 0.29) is 11.9 Å². The zero-order valence-electron chi connectivity index (χ0n) is 9.66. The normalized spacial score (nSPS) is 19.2. The Balaban J connectivity index is 2.05. The van der Waals surface area contributed by atoms with Crippen LogP contribution in [0, 0.1) is 11.7 Å². The molecule has 0 spiro atoms. The van der Waals surface area contributed by atoms with Gasteiger partial charge < -0.3 is 10.5 Å². The lowest BCUT2D eigenvalue weighted by atomic mass is 9.90. The fraction of sp³-hybridized carbons (Fsp3) is 0.538. The third-order valence-corrected chi connectivity index (χ3v) is 3.99. The molecule has 2 rings (SSSR count). The van der Waals surface area contributed by atoms with Crippen LogP contribution in [0.2, 0.25) is 0 Å². The van der Waals surface area contributed by atoms with E-state index in [1.165, 1.54) is 6.07 Å². The maximum absolute atomic E-state index is 13.7. The van der Waals surface area contributed by atoms with Gasteiger partial charge in [0.1, 0.15) is 5.82 Å². The molecule has 94 valence electrons. The van der Waals surface area contributed by atoms with Crippen molar-refractivity contribution < 1.29 is 9.13 Å². The van der Waals surface area contributed by atoms with E-state index in [1.54, 1.807) is 6.07 Å². The zero-order valence-corrected chi connectivity index (χ0v) is 11.2. The number of hydrogen-bond donors (Lipinski definition) is 1. The van der Waals surface area contributed by atoms with E-state index in [9.17, 15) is 4.39 Å². The van der Waals surface area contributed by atoms with Crippen LogP contribution in [-0.4, -0.2) is 13.2 Å². The SMILES string of the molecule is NC(CC1CCOCC1)c1c(F)cccc1Br. The smallest absolute Gasteiger partial charge is 0.129 e. The van der Waals surface area contributed by atoms with Gasteiger partial charge in [0.05, 0.1) is 0 Å². The highest BCUT2D eigenvalue weighted by Crippen LogP contribution is 2.31. The first-order valence-corrected chi connectivity index (χ1v) is 6.75. The second-order valence-electron chi connectivity index (χ2n) is 4.53. The fourth-order valence-electron chi connectivity index (χ4n) is 2.32. The molecule has 2 N–H and O–H groups in total. The third-order valence-electron chi connectivity index (χ3n) is 3.30. The first-order valence-electron chi connectivity index (χ1n) is 5.95. The lowest BCUT2D eigenvalue weighted by molar-refractivity contribution is 0.0617. The maximum Gasteiger partial charge on any atom is 0.129 e. The Bertz CT molecular complexity index is 359. The standard InChI is InChI=1S/C13H17BrFNO/c14-10-2-1-3-11(15)13(10)12(16)8-9-4-6-17-7-5-9/h1-3,9,12H,4-8,16H2. The van der Waals surface area contributed by atoms with Gasteiger partial charge in [-0.05, 0) is 37.3 Å². The Morgan fingerprint density at radius 1 is 1.41 bits per heavy atom. The van der Waals surface area contributed by atoms with Crippen LogP contribution in [0.25, 0.3) is 0 Å². The van der Waals surface area contributed by atoms with E-state index in [4.69, 9.17) is 10.5 Å². The van der Waals surface area contributed by atoms with E-state index in [0.29, 0.717) is 11.5 Å². The van der Waals surface area contributed by atoms with Gasteiger partial charge in [-0.15, -0.1) is 0 Å². The van der Waals surface area contributed by atoms with Crippen LogP contribution in [0.1, 0.15) is 30.9 Å². The number of nitrogens with two attached hydrogens (primary N) is 1. The lowest BCUT2D eigenvalue weighted by Crippen LogP contribution is -2.22. The van der Waals surface area contributed by atoms with Crippen molar-refractivity contribution in [2.75, 3.05) is 13.2 Å². The van der Waals surface area contributed by atoms with Gasteiger partial charge in [0.25, 0.3) is 0 Å². The highest BCUT2D eigenvalue weighted by Gasteiger charge is 2.21. The van der Waals surface area contributed by atoms with Gasteiger partial charge >= 0.3 is 0 Å². The quantitative estimate of drug-likeness (QED) is 0.928. The summed E-state index contributed by atoms with van der Waals surface area (Å²) in [5.41, 5.74) is 6.71. The molecule has 0 radical (unpaired) electrons. The highest BCUT2D eigenvalue weighted by molar-refractivity contribution is 9.10. The van der Waals surface area contributed by atoms with Crippen LogP contribution in [0.15, 0.2) is 22.7 Å². The average molecular weight is 302 g/mol. The highest BCUT2D eigenvalue weighted by atomic mass is 79.9. The van der Waals surface area contributed by atoms with Gasteiger partial charge in [-0.3, -0.25) is 0 Å². The Hall–Kier alpha value is -0.450. The zero-order chi connectivity index (χ0) is 12.3. The van der Waals surface area contributed by atoms with Gasteiger partial charge in [-0.1, -0.05) is 22.0 Å². The molecule has 1 aromatic carbocycles. The monoisotopic (exact) mass is 301 g/mol. The van der Waals surface area contributed by atoms with Crippen molar-refractivity contribution in [3.05, 3.63) is 34.1 Å². The van der Waals surface area contributed by atoms with Crippen molar-refractivity contribution in [2.24, 2.45) is 11.7 Å². The predicted octanol–water partition coefficient (Wildman–Crippen LogP) is 3.40. The molecular formula is C13H17BrFNO. The molecule has 0 aliphatic carbocycles. The second-order valence-corrected chi connectivity index (χ2v) is 5.39. The van der Waals surface area contributed by atoms with Crippen LogP contribution in [0.5, 0.6) is 0 Å². The molecule has 0 bridgehead atoms. The fourth-order valence-corrected chi connectivity index (χ4v) is 2.96. The number of benzene rings is 1. The van der Waals surface area contributed by atoms with Crippen molar-refractivity contribution >= 4 is 15.9 Å². The summed E-state index contributed by atoms with van der Waals surface area (Å²) in [6.07, 6.45) is 2.88. The summed E-state index contributed by atoms with van der Waals surface area (Å²) < 4.78 is 19.8. The first-order chi connectivity index (χ1) is 8.18. The Morgan fingerprint density at radius 2 is 2.12 bits per heavy atom. The molecule has 2 nitrogen and oxygen atoms in total. The van der Waals surface area contributed by atoms with Gasteiger partial charge in [0, 0.05) is 29.3 Å². The molecule has 1 aliphatic heterocycles. The largest absolute Gasteiger partial charge is 0.381 e. The molecule has 1 aliphatic rings. The minimum Gasteiger partial charge on any atom is -0.381 e. The summed E-state index contributed by atoms with van der Waals surface area (Å²) in [5.74, 6) is 0.323. The topological polar surface area (TPSA) is 35.2 Å². The maximum atomic E-state index is 13.7. The molecule has 0 amide bonds. The Kier molecular flexibility index (Phi) is 4.54. The van der Waals surface area contributed by atoms with E-state index in [0.717, 1.165) is 36.9 Å². The van der Waals surface area contributed by atoms with Crippen molar-refractivity contribution in [2.45, 2.75) is 25.3 Å². The molecule has 1 heterocycles. The molecule has 1 unspecified atom stereocenters. The van der Waals surface area contributed by atoms with Gasteiger partial charge in [-0.25, -0.2) is 4.39 Å². The minimum atomic E-state index is -0.242. The Labute approximate surface area is 109 Å². The number of hydrogen-bond acceptors (Lipinski definition) is 2. The minimum absolute atomic E-state index is 0.223. The third kappa shape index (κ3) is 3.27. The number of halogens is 2. The average Bonchev–Trinajstić information content (AvgIpc) is 2.30. The van der Waals surface area contributed by atoms with E-state index < -0.39 is 0 Å². The molecule has 1 aromatic rings. The van der Waals surface area contributed by atoms with Crippen LogP contribution in [0.3, 0.4) is 0 Å². The van der Waals surface area contributed by atoms with Crippen molar-refractivity contribution in [1.29, 1.82) is 0 Å². The van der Waals surface area contributed by atoms with Gasteiger partial charge in [0.2, 0.25) is 0 Å². The van der Waals surface area contributed by atoms with Crippen molar-refractivity contribution in [1.82, 2.24) is 0 Å². The van der Waals surface area contributed by atoms with E-state index in [1.807, 2.05) is 6.07 Å². The molecule has 1 atom stereocenters. The van der Waals surface area contributed by atoms with Crippen molar-refractivity contribution in [3.8, 4) is 0 Å². The number of ether oxygens (including phenoxy) is 1. The van der Waals surface area contributed by atoms with Crippen LogP contribution in [0.4, 0.5) is 4.39 Å². The van der Waals surface area contributed by atoms with Crippen LogP contribution >= 0.6 is 15.9 Å². The predicted molar refractivity (Wildman–Crippen MR) is 69.2 cm³/mol. The van der Waals surface area contributed by atoms with Crippen LogP contribution in [-0.2, 0) is 4.74 Å². The molecule has 17 heavy (non-hydrogen) atoms. The van der Waals surface area contributed by atoms with Crippen molar-refractivity contribution in [3.63, 3.8) is 0 Å².